The second-order valence-electron chi connectivity index (χ2n) is 5.06. The average molecular weight is 311 g/mol. The highest BCUT2D eigenvalue weighted by Gasteiger charge is 2.08. The predicted octanol–water partition coefficient (Wildman–Crippen LogP) is 3.87. The molecule has 0 bridgehead atoms. The van der Waals surface area contributed by atoms with Crippen LogP contribution in [0.1, 0.15) is 18.1 Å². The lowest BCUT2D eigenvalue weighted by Crippen LogP contribution is -2.12. The van der Waals surface area contributed by atoms with Gasteiger partial charge in [-0.05, 0) is 36.8 Å². The van der Waals surface area contributed by atoms with Crippen molar-refractivity contribution in [1.29, 1.82) is 0 Å². The van der Waals surface area contributed by atoms with Gasteiger partial charge < -0.3 is 9.25 Å². The van der Waals surface area contributed by atoms with E-state index < -0.39 is 5.63 Å². The highest BCUT2D eigenvalue weighted by atomic mass is 19.1. The molecule has 0 saturated heterocycles. The molecular formula is C18H14FNO3. The van der Waals surface area contributed by atoms with Crippen LogP contribution >= 0.6 is 0 Å². The molecule has 5 heteroatoms. The van der Waals surface area contributed by atoms with Gasteiger partial charge in [0, 0.05) is 5.39 Å². The highest BCUT2D eigenvalue weighted by Crippen LogP contribution is 2.13. The minimum absolute atomic E-state index is 0.191. The third-order valence-electron chi connectivity index (χ3n) is 3.38. The number of hydrogen-bond acceptors (Lipinski definition) is 4. The van der Waals surface area contributed by atoms with Gasteiger partial charge in [0.05, 0.1) is 11.3 Å². The molecule has 0 aliphatic heterocycles. The maximum atomic E-state index is 12.8. The SMILES string of the molecule is C/C(=N\OCc1ccc(F)cc1)c1cc2ccccc2oc1=O. The lowest BCUT2D eigenvalue weighted by atomic mass is 10.1. The lowest BCUT2D eigenvalue weighted by Gasteiger charge is -2.03. The smallest absolute Gasteiger partial charge is 0.345 e. The van der Waals surface area contributed by atoms with E-state index >= 15 is 0 Å². The van der Waals surface area contributed by atoms with E-state index in [-0.39, 0.29) is 12.4 Å². The quantitative estimate of drug-likeness (QED) is 0.417. The van der Waals surface area contributed by atoms with E-state index in [0.29, 0.717) is 16.9 Å². The molecule has 0 N–H and O–H groups in total. The van der Waals surface area contributed by atoms with Crippen LogP contribution in [0.4, 0.5) is 4.39 Å². The Morgan fingerprint density at radius 2 is 1.91 bits per heavy atom. The molecule has 0 radical (unpaired) electrons. The fourth-order valence-corrected chi connectivity index (χ4v) is 2.15. The number of benzene rings is 2. The second-order valence-corrected chi connectivity index (χ2v) is 5.06. The van der Waals surface area contributed by atoms with Gasteiger partial charge >= 0.3 is 5.63 Å². The standard InChI is InChI=1S/C18H14FNO3/c1-12(20-22-11-13-6-8-15(19)9-7-13)16-10-14-4-2-3-5-17(14)23-18(16)21/h2-10H,11H2,1H3/b20-12+. The van der Waals surface area contributed by atoms with Gasteiger partial charge in [-0.15, -0.1) is 0 Å². The van der Waals surface area contributed by atoms with Gasteiger partial charge in [0.1, 0.15) is 18.0 Å². The van der Waals surface area contributed by atoms with Crippen molar-refractivity contribution in [3.63, 3.8) is 0 Å². The Morgan fingerprint density at radius 3 is 2.70 bits per heavy atom. The van der Waals surface area contributed by atoms with E-state index in [2.05, 4.69) is 5.16 Å². The van der Waals surface area contributed by atoms with Crippen LogP contribution < -0.4 is 5.63 Å². The summed E-state index contributed by atoms with van der Waals surface area (Å²) in [5.41, 5.74) is 1.62. The van der Waals surface area contributed by atoms with Gasteiger partial charge in [-0.2, -0.15) is 0 Å². The van der Waals surface area contributed by atoms with Crippen LogP contribution in [0.2, 0.25) is 0 Å². The average Bonchev–Trinajstić information content (AvgIpc) is 2.56. The molecule has 0 atom stereocenters. The number of rotatable bonds is 4. The van der Waals surface area contributed by atoms with Crippen LogP contribution in [0.3, 0.4) is 0 Å². The van der Waals surface area contributed by atoms with Crippen molar-refractivity contribution < 1.29 is 13.6 Å². The van der Waals surface area contributed by atoms with Crippen molar-refractivity contribution in [2.45, 2.75) is 13.5 Å². The van der Waals surface area contributed by atoms with Gasteiger partial charge in [0.15, 0.2) is 0 Å². The summed E-state index contributed by atoms with van der Waals surface area (Å²) in [5, 5.41) is 4.76. The van der Waals surface area contributed by atoms with Crippen molar-refractivity contribution >= 4 is 16.7 Å². The molecule has 116 valence electrons. The Bertz CT molecular complexity index is 913. The minimum Gasteiger partial charge on any atom is -0.422 e. The van der Waals surface area contributed by atoms with Crippen molar-refractivity contribution in [1.82, 2.24) is 0 Å². The van der Waals surface area contributed by atoms with E-state index in [1.807, 2.05) is 12.1 Å². The molecule has 3 rings (SSSR count). The number of hydrogen-bond donors (Lipinski definition) is 0. The van der Waals surface area contributed by atoms with E-state index in [9.17, 15) is 9.18 Å². The first kappa shape index (κ1) is 15.0. The Hall–Kier alpha value is -2.95. The fraction of sp³-hybridized carbons (Fsp3) is 0.111. The van der Waals surface area contributed by atoms with E-state index in [4.69, 9.17) is 9.25 Å². The van der Waals surface area contributed by atoms with Gasteiger partial charge in [-0.1, -0.05) is 35.5 Å². The van der Waals surface area contributed by atoms with E-state index in [1.165, 1.54) is 12.1 Å². The minimum atomic E-state index is -0.463. The number of para-hydroxylation sites is 1. The second kappa shape index (κ2) is 6.44. The fourth-order valence-electron chi connectivity index (χ4n) is 2.15. The summed E-state index contributed by atoms with van der Waals surface area (Å²) in [7, 11) is 0. The molecule has 0 saturated carbocycles. The van der Waals surface area contributed by atoms with Crippen molar-refractivity contribution in [3.8, 4) is 0 Å². The zero-order valence-electron chi connectivity index (χ0n) is 12.5. The Morgan fingerprint density at radius 1 is 1.17 bits per heavy atom. The summed E-state index contributed by atoms with van der Waals surface area (Å²) in [4.78, 5) is 17.2. The van der Waals surface area contributed by atoms with Crippen LogP contribution in [0.25, 0.3) is 11.0 Å². The first-order chi connectivity index (χ1) is 11.1. The molecule has 23 heavy (non-hydrogen) atoms. The van der Waals surface area contributed by atoms with Crippen LogP contribution in [0.15, 0.2) is 69.0 Å². The zero-order chi connectivity index (χ0) is 16.2. The Balaban J connectivity index is 1.79. The third-order valence-corrected chi connectivity index (χ3v) is 3.38. The molecule has 0 amide bonds. The molecule has 2 aromatic carbocycles. The number of halogens is 1. The molecule has 3 aromatic rings. The van der Waals surface area contributed by atoms with Crippen LogP contribution in [-0.2, 0) is 11.4 Å². The summed E-state index contributed by atoms with van der Waals surface area (Å²) in [6.45, 7) is 1.86. The van der Waals surface area contributed by atoms with E-state index in [1.54, 1.807) is 37.3 Å². The first-order valence-corrected chi connectivity index (χ1v) is 7.08. The summed E-state index contributed by atoms with van der Waals surface area (Å²) < 4.78 is 18.1. The largest absolute Gasteiger partial charge is 0.422 e. The lowest BCUT2D eigenvalue weighted by molar-refractivity contribution is 0.130. The van der Waals surface area contributed by atoms with Gasteiger partial charge in [0.2, 0.25) is 0 Å². The Labute approximate surface area is 131 Å². The normalized spacial score (nSPS) is 11.7. The molecule has 0 aliphatic carbocycles. The summed E-state index contributed by atoms with van der Waals surface area (Å²) in [6, 6.07) is 14.9. The molecule has 1 heterocycles. The maximum Gasteiger partial charge on any atom is 0.345 e. The monoisotopic (exact) mass is 311 g/mol. The molecule has 0 fully saturated rings. The molecule has 1 aromatic heterocycles. The summed E-state index contributed by atoms with van der Waals surface area (Å²) >= 11 is 0. The van der Waals surface area contributed by atoms with Gasteiger partial charge in [-0.25, -0.2) is 9.18 Å². The Kier molecular flexibility index (Phi) is 4.19. The van der Waals surface area contributed by atoms with Gasteiger partial charge in [0.25, 0.3) is 0 Å². The number of oxime groups is 1. The number of nitrogens with zero attached hydrogens (tertiary/aromatic N) is 1. The summed E-state index contributed by atoms with van der Waals surface area (Å²) in [5.74, 6) is -0.304. The predicted molar refractivity (Wildman–Crippen MR) is 85.9 cm³/mol. The molecule has 0 aliphatic rings. The summed E-state index contributed by atoms with van der Waals surface area (Å²) in [6.07, 6.45) is 0. The van der Waals surface area contributed by atoms with Crippen molar-refractivity contribution in [2.24, 2.45) is 5.16 Å². The third kappa shape index (κ3) is 3.45. The van der Waals surface area contributed by atoms with Gasteiger partial charge in [-0.3, -0.25) is 0 Å². The van der Waals surface area contributed by atoms with Crippen LogP contribution in [0.5, 0.6) is 0 Å². The maximum absolute atomic E-state index is 12.8. The zero-order valence-corrected chi connectivity index (χ0v) is 12.5. The van der Waals surface area contributed by atoms with Crippen LogP contribution in [-0.4, -0.2) is 5.71 Å². The number of fused-ring (bicyclic) bond motifs is 1. The molecule has 0 unspecified atom stereocenters. The van der Waals surface area contributed by atoms with Crippen molar-refractivity contribution in [2.75, 3.05) is 0 Å². The highest BCUT2D eigenvalue weighted by molar-refractivity contribution is 6.00. The van der Waals surface area contributed by atoms with Crippen molar-refractivity contribution in [3.05, 3.63) is 82.0 Å². The molecule has 4 nitrogen and oxygen atoms in total. The molecule has 0 spiro atoms. The molecular weight excluding hydrogens is 297 g/mol. The van der Waals surface area contributed by atoms with E-state index in [0.717, 1.165) is 10.9 Å². The first-order valence-electron chi connectivity index (χ1n) is 7.08. The van der Waals surface area contributed by atoms with Crippen LogP contribution in [0, 0.1) is 5.82 Å². The topological polar surface area (TPSA) is 51.8 Å².